The molecular formula is C19H18N4. The lowest BCUT2D eigenvalue weighted by Gasteiger charge is -2.10. The topological polar surface area (TPSA) is 48.8 Å². The molecule has 0 aliphatic rings. The van der Waals surface area contributed by atoms with E-state index in [1.54, 1.807) is 0 Å². The third kappa shape index (κ3) is 2.33. The minimum Gasteiger partial charge on any atom is -0.340 e. The molecule has 2 aromatic heterocycles. The summed E-state index contributed by atoms with van der Waals surface area (Å²) in [7, 11) is 1.99. The van der Waals surface area contributed by atoms with E-state index in [-0.39, 0.29) is 0 Å². The van der Waals surface area contributed by atoms with Crippen molar-refractivity contribution in [2.45, 2.75) is 6.54 Å². The van der Waals surface area contributed by atoms with Crippen molar-refractivity contribution >= 4 is 10.9 Å². The monoisotopic (exact) mass is 302 g/mol. The van der Waals surface area contributed by atoms with Gasteiger partial charge in [0.2, 0.25) is 0 Å². The maximum absolute atomic E-state index is 5.71. The molecule has 0 fully saturated rings. The van der Waals surface area contributed by atoms with Crippen LogP contribution in [0.4, 0.5) is 0 Å². The zero-order valence-corrected chi connectivity index (χ0v) is 13.0. The van der Waals surface area contributed by atoms with Crippen LogP contribution in [0.25, 0.3) is 28.0 Å². The van der Waals surface area contributed by atoms with Crippen molar-refractivity contribution in [3.05, 3.63) is 72.7 Å². The van der Waals surface area contributed by atoms with E-state index in [1.165, 1.54) is 10.9 Å². The molecule has 4 aromatic rings. The highest BCUT2D eigenvalue weighted by atomic mass is 15.1. The van der Waals surface area contributed by atoms with Crippen LogP contribution < -0.4 is 5.73 Å². The number of nitrogens with two attached hydrogens (primary N) is 1. The summed E-state index contributed by atoms with van der Waals surface area (Å²) in [6.07, 6.45) is 3.87. The van der Waals surface area contributed by atoms with Crippen molar-refractivity contribution in [1.82, 2.24) is 14.1 Å². The van der Waals surface area contributed by atoms with Crippen LogP contribution in [0.5, 0.6) is 0 Å². The smallest absolute Gasteiger partial charge is 0.105 e. The van der Waals surface area contributed by atoms with Gasteiger partial charge in [0, 0.05) is 30.9 Å². The Morgan fingerprint density at radius 1 is 1.04 bits per heavy atom. The highest BCUT2D eigenvalue weighted by Crippen LogP contribution is 2.30. The van der Waals surface area contributed by atoms with Gasteiger partial charge in [-0.25, -0.2) is 4.98 Å². The van der Waals surface area contributed by atoms with Gasteiger partial charge in [0.1, 0.15) is 5.69 Å². The summed E-state index contributed by atoms with van der Waals surface area (Å²) < 4.78 is 4.22. The summed E-state index contributed by atoms with van der Waals surface area (Å²) in [4.78, 5) is 4.52. The van der Waals surface area contributed by atoms with Gasteiger partial charge in [0.05, 0.1) is 17.5 Å². The lowest BCUT2D eigenvalue weighted by Crippen LogP contribution is -1.99. The molecule has 0 radical (unpaired) electrons. The number of rotatable bonds is 3. The number of imidazole rings is 1. The van der Waals surface area contributed by atoms with Crippen molar-refractivity contribution in [2.75, 3.05) is 0 Å². The number of hydrogen-bond donors (Lipinski definition) is 1. The summed E-state index contributed by atoms with van der Waals surface area (Å²) >= 11 is 0. The first-order chi connectivity index (χ1) is 11.3. The van der Waals surface area contributed by atoms with Crippen molar-refractivity contribution in [3.63, 3.8) is 0 Å². The Morgan fingerprint density at radius 2 is 1.83 bits per heavy atom. The lowest BCUT2D eigenvalue weighted by molar-refractivity contribution is 0.913. The molecule has 0 atom stereocenters. The van der Waals surface area contributed by atoms with E-state index in [4.69, 9.17) is 5.73 Å². The highest BCUT2D eigenvalue weighted by Gasteiger charge is 2.13. The van der Waals surface area contributed by atoms with Crippen molar-refractivity contribution in [3.8, 4) is 17.1 Å². The van der Waals surface area contributed by atoms with Crippen LogP contribution in [0.15, 0.2) is 67.1 Å². The van der Waals surface area contributed by atoms with Gasteiger partial charge < -0.3 is 14.9 Å². The Kier molecular flexibility index (Phi) is 3.24. The van der Waals surface area contributed by atoms with E-state index in [0.717, 1.165) is 22.6 Å². The minimum atomic E-state index is 0.555. The van der Waals surface area contributed by atoms with Gasteiger partial charge in [-0.1, -0.05) is 30.3 Å². The van der Waals surface area contributed by atoms with Gasteiger partial charge >= 0.3 is 0 Å². The van der Waals surface area contributed by atoms with Crippen LogP contribution in [-0.2, 0) is 13.6 Å². The van der Waals surface area contributed by atoms with E-state index >= 15 is 0 Å². The molecule has 4 rings (SSSR count). The average Bonchev–Trinajstić information content (AvgIpc) is 3.18. The molecule has 0 amide bonds. The molecule has 0 aliphatic heterocycles. The van der Waals surface area contributed by atoms with Crippen molar-refractivity contribution in [1.29, 1.82) is 0 Å². The molecule has 0 aliphatic carbocycles. The normalized spacial score (nSPS) is 11.2. The fourth-order valence-corrected chi connectivity index (χ4v) is 2.95. The van der Waals surface area contributed by atoms with Gasteiger partial charge in [-0.05, 0) is 29.8 Å². The highest BCUT2D eigenvalue weighted by molar-refractivity contribution is 5.88. The van der Waals surface area contributed by atoms with Gasteiger partial charge in [-0.3, -0.25) is 0 Å². The molecule has 0 unspecified atom stereocenters. The molecule has 0 spiro atoms. The number of benzene rings is 2. The zero-order valence-electron chi connectivity index (χ0n) is 13.0. The fraction of sp³-hybridized carbons (Fsp3) is 0.105. The average molecular weight is 302 g/mol. The molecule has 114 valence electrons. The third-order valence-corrected chi connectivity index (χ3v) is 4.11. The molecule has 2 heterocycles. The summed E-state index contributed by atoms with van der Waals surface area (Å²) in [5.74, 6) is 0. The molecule has 2 aromatic carbocycles. The number of aryl methyl sites for hydroxylation is 1. The Labute approximate surface area is 134 Å². The number of fused-ring (bicyclic) bond motifs is 1. The number of aromatic nitrogens is 3. The second kappa shape index (κ2) is 5.41. The predicted octanol–water partition coefficient (Wildman–Crippen LogP) is 3.49. The maximum Gasteiger partial charge on any atom is 0.105 e. The largest absolute Gasteiger partial charge is 0.340 e. The number of nitrogens with zero attached hydrogens (tertiary/aromatic N) is 3. The van der Waals surface area contributed by atoms with Crippen LogP contribution in [0.2, 0.25) is 0 Å². The molecular weight excluding hydrogens is 284 g/mol. The molecule has 4 heteroatoms. The second-order valence-electron chi connectivity index (χ2n) is 5.72. The van der Waals surface area contributed by atoms with Gasteiger partial charge in [0.25, 0.3) is 0 Å². The van der Waals surface area contributed by atoms with E-state index in [9.17, 15) is 0 Å². The van der Waals surface area contributed by atoms with E-state index in [0.29, 0.717) is 6.54 Å². The standard InChI is InChI=1S/C19H18N4/c1-22-12-17(21-13-22)19-10-15-4-2-3-5-18(15)23(19)16-8-6-14(11-20)7-9-16/h2-10,12-13H,11,20H2,1H3. The number of para-hydroxylation sites is 1. The molecule has 0 bridgehead atoms. The molecule has 2 N–H and O–H groups in total. The van der Waals surface area contributed by atoms with E-state index in [1.807, 2.05) is 24.1 Å². The summed E-state index contributed by atoms with van der Waals surface area (Å²) in [6.45, 7) is 0.555. The van der Waals surface area contributed by atoms with Crippen LogP contribution in [0.3, 0.4) is 0 Å². The molecule has 4 nitrogen and oxygen atoms in total. The van der Waals surface area contributed by atoms with Gasteiger partial charge in [-0.2, -0.15) is 0 Å². The Bertz CT molecular complexity index is 961. The molecule has 23 heavy (non-hydrogen) atoms. The Hall–Kier alpha value is -2.85. The molecule has 0 saturated heterocycles. The van der Waals surface area contributed by atoms with Crippen LogP contribution in [0.1, 0.15) is 5.56 Å². The predicted molar refractivity (Wildman–Crippen MR) is 93.4 cm³/mol. The summed E-state index contributed by atoms with van der Waals surface area (Å²) in [5, 5.41) is 1.20. The van der Waals surface area contributed by atoms with E-state index in [2.05, 4.69) is 64.1 Å². The summed E-state index contributed by atoms with van der Waals surface area (Å²) in [5.41, 5.74) is 11.2. The minimum absolute atomic E-state index is 0.555. The zero-order chi connectivity index (χ0) is 15.8. The first-order valence-electron chi connectivity index (χ1n) is 7.64. The number of hydrogen-bond acceptors (Lipinski definition) is 2. The van der Waals surface area contributed by atoms with Crippen LogP contribution >= 0.6 is 0 Å². The first-order valence-corrected chi connectivity index (χ1v) is 7.64. The van der Waals surface area contributed by atoms with Crippen molar-refractivity contribution < 1.29 is 0 Å². The summed E-state index contributed by atoms with van der Waals surface area (Å²) in [6, 6.07) is 19.0. The Balaban J connectivity index is 1.98. The quantitative estimate of drug-likeness (QED) is 0.630. The third-order valence-electron chi connectivity index (χ3n) is 4.11. The van der Waals surface area contributed by atoms with Crippen LogP contribution in [0, 0.1) is 0 Å². The van der Waals surface area contributed by atoms with Crippen LogP contribution in [-0.4, -0.2) is 14.1 Å². The maximum atomic E-state index is 5.71. The first kappa shape index (κ1) is 13.8. The van der Waals surface area contributed by atoms with Gasteiger partial charge in [0.15, 0.2) is 0 Å². The molecule has 0 saturated carbocycles. The van der Waals surface area contributed by atoms with Crippen molar-refractivity contribution in [2.24, 2.45) is 12.8 Å². The van der Waals surface area contributed by atoms with Gasteiger partial charge in [-0.15, -0.1) is 0 Å². The SMILES string of the molecule is Cn1cnc(-c2cc3ccccc3n2-c2ccc(CN)cc2)c1. The Morgan fingerprint density at radius 3 is 2.52 bits per heavy atom. The fourth-order valence-electron chi connectivity index (χ4n) is 2.95. The second-order valence-corrected chi connectivity index (χ2v) is 5.72. The lowest BCUT2D eigenvalue weighted by atomic mass is 10.2. The van der Waals surface area contributed by atoms with E-state index < -0.39 is 0 Å².